The predicted octanol–water partition coefficient (Wildman–Crippen LogP) is -0.0250. The molecule has 1 aliphatic heterocycles. The normalized spacial score (nSPS) is 15.4. The first-order valence-corrected chi connectivity index (χ1v) is 8.85. The van der Waals surface area contributed by atoms with Gasteiger partial charge in [0.1, 0.15) is 26.2 Å². The van der Waals surface area contributed by atoms with Gasteiger partial charge in [-0.15, -0.1) is 0 Å². The van der Waals surface area contributed by atoms with Crippen molar-refractivity contribution in [1.29, 1.82) is 0 Å². The summed E-state index contributed by atoms with van der Waals surface area (Å²) >= 11 is 5.55. The number of anilines is 1. The lowest BCUT2D eigenvalue weighted by atomic mass is 10.3. The Kier molecular flexibility index (Phi) is 4.53. The molecule has 1 aromatic carbocycles. The van der Waals surface area contributed by atoms with Crippen molar-refractivity contribution in [2.45, 2.75) is 6.67 Å². The van der Waals surface area contributed by atoms with Crippen LogP contribution in [0.4, 0.5) is 5.82 Å². The van der Waals surface area contributed by atoms with Crippen molar-refractivity contribution in [1.82, 2.24) is 19.8 Å². The maximum Gasteiger partial charge on any atom is 0.274 e. The van der Waals surface area contributed by atoms with E-state index >= 15 is 0 Å². The lowest BCUT2D eigenvalue weighted by Crippen LogP contribution is -3.14. The second-order valence-electron chi connectivity index (χ2n) is 6.15. The van der Waals surface area contributed by atoms with Crippen LogP contribution in [0.25, 0.3) is 5.69 Å². The van der Waals surface area contributed by atoms with Crippen LogP contribution < -0.4 is 14.8 Å². The minimum atomic E-state index is 0.637. The molecule has 3 aromatic rings. The molecule has 8 heteroatoms. The van der Waals surface area contributed by atoms with E-state index in [1.807, 2.05) is 47.3 Å². The van der Waals surface area contributed by atoms with E-state index in [4.69, 9.17) is 12.2 Å². The van der Waals surface area contributed by atoms with Crippen LogP contribution in [-0.4, -0.2) is 46.0 Å². The van der Waals surface area contributed by atoms with Gasteiger partial charge < -0.3 is 4.90 Å². The van der Waals surface area contributed by atoms with Crippen LogP contribution in [0.3, 0.4) is 0 Å². The molecule has 0 amide bonds. The molecule has 4 rings (SSSR count). The number of nitrogens with one attached hydrogen (secondary N) is 2. The minimum Gasteiger partial charge on any atom is -0.310 e. The molecule has 25 heavy (non-hydrogen) atoms. The van der Waals surface area contributed by atoms with Crippen molar-refractivity contribution in [3.05, 3.63) is 59.5 Å². The summed E-state index contributed by atoms with van der Waals surface area (Å²) in [5, 5.41) is 8.46. The predicted molar refractivity (Wildman–Crippen MR) is 96.1 cm³/mol. The Labute approximate surface area is 151 Å². The van der Waals surface area contributed by atoms with Crippen molar-refractivity contribution in [2.75, 3.05) is 31.1 Å². The highest BCUT2D eigenvalue weighted by atomic mass is 32.1. The maximum atomic E-state index is 5.55. The largest absolute Gasteiger partial charge is 0.310 e. The molecule has 0 atom stereocenters. The van der Waals surface area contributed by atoms with E-state index in [2.05, 4.69) is 32.4 Å². The molecule has 3 heterocycles. The molecule has 1 aliphatic rings. The van der Waals surface area contributed by atoms with Crippen molar-refractivity contribution < 1.29 is 9.88 Å². The number of rotatable bonds is 4. The summed E-state index contributed by atoms with van der Waals surface area (Å²) in [5.41, 5.74) is 0.943. The smallest absolute Gasteiger partial charge is 0.274 e. The molecule has 2 N–H and O–H groups in total. The van der Waals surface area contributed by atoms with Crippen LogP contribution in [-0.2, 0) is 6.67 Å². The number of hydrogen-bond acceptors (Lipinski definition) is 4. The Hall–Kier alpha value is -2.58. The standard InChI is InChI=1S/C17H19N7S/c25-17-23(19-20-24(17)15-6-2-1-3-7-15)14-21-10-12-22(13-11-21)16-8-4-5-9-18-16/h1-9H,10-14H2/p+2. The number of para-hydroxylation sites is 1. The van der Waals surface area contributed by atoms with Crippen molar-refractivity contribution in [3.8, 4) is 5.69 Å². The van der Waals surface area contributed by atoms with Gasteiger partial charge in [-0.1, -0.05) is 24.3 Å². The Morgan fingerprint density at radius 1 is 1.00 bits per heavy atom. The van der Waals surface area contributed by atoms with Gasteiger partial charge in [0, 0.05) is 6.07 Å². The third-order valence-corrected chi connectivity index (χ3v) is 4.90. The highest BCUT2D eigenvalue weighted by molar-refractivity contribution is 7.71. The monoisotopic (exact) mass is 355 g/mol. The topological polar surface area (TPSA) is 57.5 Å². The molecule has 1 saturated heterocycles. The third-order valence-electron chi connectivity index (χ3n) is 4.52. The highest BCUT2D eigenvalue weighted by Gasteiger charge is 2.26. The molecule has 0 unspecified atom stereocenters. The lowest BCUT2D eigenvalue weighted by molar-refractivity contribution is -0.924. The third kappa shape index (κ3) is 3.45. The molecule has 0 spiro atoms. The zero-order valence-electron chi connectivity index (χ0n) is 13.9. The van der Waals surface area contributed by atoms with Gasteiger partial charge in [-0.25, -0.2) is 4.98 Å². The van der Waals surface area contributed by atoms with Crippen LogP contribution in [0.5, 0.6) is 0 Å². The van der Waals surface area contributed by atoms with Gasteiger partial charge in [-0.2, -0.15) is 9.36 Å². The first-order valence-electron chi connectivity index (χ1n) is 8.45. The summed E-state index contributed by atoms with van der Waals surface area (Å²) < 4.78 is 4.17. The Balaban J connectivity index is 1.41. The Morgan fingerprint density at radius 2 is 1.76 bits per heavy atom. The van der Waals surface area contributed by atoms with E-state index in [1.54, 1.807) is 4.68 Å². The van der Waals surface area contributed by atoms with Crippen molar-refractivity contribution in [2.24, 2.45) is 0 Å². The summed E-state index contributed by atoms with van der Waals surface area (Å²) in [5.74, 6) is 1.17. The van der Waals surface area contributed by atoms with Gasteiger partial charge in [0.2, 0.25) is 4.77 Å². The average Bonchev–Trinajstić information content (AvgIpc) is 3.04. The summed E-state index contributed by atoms with van der Waals surface area (Å²) in [6.45, 7) is 4.86. The van der Waals surface area contributed by atoms with E-state index in [0.29, 0.717) is 4.77 Å². The molecule has 0 saturated carbocycles. The first-order chi connectivity index (χ1) is 12.3. The summed E-state index contributed by atoms with van der Waals surface area (Å²) in [7, 11) is 0. The van der Waals surface area contributed by atoms with Crippen LogP contribution in [0.1, 0.15) is 0 Å². The molecule has 7 nitrogen and oxygen atoms in total. The number of quaternary nitrogens is 1. The molecule has 128 valence electrons. The number of aromatic amines is 1. The average molecular weight is 355 g/mol. The van der Waals surface area contributed by atoms with Crippen molar-refractivity contribution >= 4 is 18.0 Å². The molecule has 1 fully saturated rings. The van der Waals surface area contributed by atoms with E-state index in [9.17, 15) is 0 Å². The lowest BCUT2D eigenvalue weighted by Gasteiger charge is -2.27. The number of nitrogens with zero attached hydrogens (tertiary/aromatic N) is 5. The number of hydrogen-bond donors (Lipinski definition) is 1. The second kappa shape index (κ2) is 7.12. The summed E-state index contributed by atoms with van der Waals surface area (Å²) in [6.07, 6.45) is 1.97. The zero-order chi connectivity index (χ0) is 17.1. The van der Waals surface area contributed by atoms with E-state index < -0.39 is 0 Å². The van der Waals surface area contributed by atoms with Crippen LogP contribution in [0, 0.1) is 4.77 Å². The fraction of sp³-hybridized carbons (Fsp3) is 0.294. The number of benzene rings is 1. The summed E-state index contributed by atoms with van der Waals surface area (Å²) in [6, 6.07) is 16.1. The number of pyridine rings is 1. The van der Waals surface area contributed by atoms with E-state index in [1.165, 1.54) is 10.7 Å². The Bertz CT molecular complexity index is 867. The number of piperazine rings is 1. The molecule has 0 bridgehead atoms. The quantitative estimate of drug-likeness (QED) is 0.668. The van der Waals surface area contributed by atoms with E-state index in [-0.39, 0.29) is 0 Å². The van der Waals surface area contributed by atoms with Gasteiger partial charge in [0.05, 0.1) is 11.9 Å². The van der Waals surface area contributed by atoms with Crippen LogP contribution in [0.15, 0.2) is 54.7 Å². The minimum absolute atomic E-state index is 0.637. The number of tetrazole rings is 1. The van der Waals surface area contributed by atoms with E-state index in [0.717, 1.165) is 38.5 Å². The molecule has 0 aliphatic carbocycles. The highest BCUT2D eigenvalue weighted by Crippen LogP contribution is 2.06. The van der Waals surface area contributed by atoms with Crippen LogP contribution >= 0.6 is 12.2 Å². The van der Waals surface area contributed by atoms with Gasteiger partial charge in [-0.3, -0.25) is 4.90 Å². The van der Waals surface area contributed by atoms with Gasteiger partial charge >= 0.3 is 0 Å². The van der Waals surface area contributed by atoms with Gasteiger partial charge in [-0.05, 0) is 40.8 Å². The molecular weight excluding hydrogens is 334 g/mol. The molecular formula is C17H21N7S+2. The fourth-order valence-corrected chi connectivity index (χ4v) is 3.36. The van der Waals surface area contributed by atoms with Crippen molar-refractivity contribution in [3.63, 3.8) is 0 Å². The second-order valence-corrected chi connectivity index (χ2v) is 6.52. The van der Waals surface area contributed by atoms with Gasteiger partial charge in [0.25, 0.3) is 5.82 Å². The summed E-state index contributed by atoms with van der Waals surface area (Å²) in [4.78, 5) is 7.14. The first kappa shape index (κ1) is 15.9. The number of H-pyrrole nitrogens is 1. The zero-order valence-corrected chi connectivity index (χ0v) is 14.7. The van der Waals surface area contributed by atoms with Crippen LogP contribution in [0.2, 0.25) is 0 Å². The number of aromatic nitrogens is 5. The fourth-order valence-electron chi connectivity index (χ4n) is 3.12. The molecule has 0 radical (unpaired) electrons. The Morgan fingerprint density at radius 3 is 2.48 bits per heavy atom. The SMILES string of the molecule is S=c1n(C[NH+]2CCN(c3cccc[nH+]3)CC2)nnn1-c1ccccc1. The van der Waals surface area contributed by atoms with Gasteiger partial charge in [0.15, 0.2) is 6.67 Å². The maximum absolute atomic E-state index is 5.55. The molecule has 2 aromatic heterocycles.